The van der Waals surface area contributed by atoms with Crippen LogP contribution in [0.5, 0.6) is 0 Å². The number of fused-ring (bicyclic) bond motifs is 1. The molecule has 3 rings (SSSR count). The molecule has 19 heavy (non-hydrogen) atoms. The van der Waals surface area contributed by atoms with Gasteiger partial charge in [-0.05, 0) is 25.7 Å². The number of rotatable bonds is 2. The smallest absolute Gasteiger partial charge is 0.282 e. The van der Waals surface area contributed by atoms with E-state index in [4.69, 9.17) is 4.74 Å². The SMILES string of the molecule is O=S(=O)(N1CCCCC1)N1CCO[C@@H]2CCCC[C@@H]21. The molecule has 3 aliphatic rings. The molecule has 2 saturated heterocycles. The van der Waals surface area contributed by atoms with E-state index < -0.39 is 10.2 Å². The van der Waals surface area contributed by atoms with Gasteiger partial charge in [0.25, 0.3) is 10.2 Å². The lowest BCUT2D eigenvalue weighted by Crippen LogP contribution is -2.58. The second kappa shape index (κ2) is 5.68. The summed E-state index contributed by atoms with van der Waals surface area (Å²) >= 11 is 0. The summed E-state index contributed by atoms with van der Waals surface area (Å²) in [5, 5.41) is 0. The van der Waals surface area contributed by atoms with Gasteiger partial charge in [-0.25, -0.2) is 0 Å². The maximum atomic E-state index is 12.8. The van der Waals surface area contributed by atoms with Crippen molar-refractivity contribution in [2.75, 3.05) is 26.2 Å². The highest BCUT2D eigenvalue weighted by Gasteiger charge is 2.42. The maximum absolute atomic E-state index is 12.8. The first-order valence-corrected chi connectivity index (χ1v) is 8.98. The van der Waals surface area contributed by atoms with Crippen molar-refractivity contribution in [2.45, 2.75) is 57.1 Å². The highest BCUT2D eigenvalue weighted by Crippen LogP contribution is 2.31. The molecule has 0 aromatic carbocycles. The summed E-state index contributed by atoms with van der Waals surface area (Å²) in [6.07, 6.45) is 7.53. The van der Waals surface area contributed by atoms with Crippen LogP contribution < -0.4 is 0 Å². The van der Waals surface area contributed by atoms with Crippen molar-refractivity contribution >= 4 is 10.2 Å². The summed E-state index contributed by atoms with van der Waals surface area (Å²) in [6, 6.07) is 0.0782. The average Bonchev–Trinajstić information content (AvgIpc) is 2.47. The van der Waals surface area contributed by atoms with E-state index in [1.165, 1.54) is 6.42 Å². The quantitative estimate of drug-likeness (QED) is 0.771. The van der Waals surface area contributed by atoms with Gasteiger partial charge >= 0.3 is 0 Å². The van der Waals surface area contributed by atoms with Crippen LogP contribution in [0.15, 0.2) is 0 Å². The van der Waals surface area contributed by atoms with E-state index in [1.54, 1.807) is 8.61 Å². The molecular formula is C13H24N2O3S. The standard InChI is InChI=1S/C13H24N2O3S/c16-19(17,14-8-4-1-5-9-14)15-10-11-18-13-7-3-2-6-12(13)15/h12-13H,1-11H2/t12-,13+/m0/s1. The number of hydrogen-bond acceptors (Lipinski definition) is 3. The number of piperidine rings is 1. The van der Waals surface area contributed by atoms with Crippen LogP contribution in [0.4, 0.5) is 0 Å². The van der Waals surface area contributed by atoms with Crippen molar-refractivity contribution in [3.8, 4) is 0 Å². The zero-order valence-corrected chi connectivity index (χ0v) is 12.3. The minimum atomic E-state index is -3.27. The van der Waals surface area contributed by atoms with Crippen LogP contribution in [0.25, 0.3) is 0 Å². The second-order valence-electron chi connectivity index (χ2n) is 5.84. The maximum Gasteiger partial charge on any atom is 0.282 e. The fourth-order valence-corrected chi connectivity index (χ4v) is 5.50. The lowest BCUT2D eigenvalue weighted by Gasteiger charge is -2.44. The van der Waals surface area contributed by atoms with Crippen LogP contribution in [0.1, 0.15) is 44.9 Å². The van der Waals surface area contributed by atoms with E-state index in [0.717, 1.165) is 38.5 Å². The average molecular weight is 288 g/mol. The molecule has 6 heteroatoms. The molecule has 0 aromatic heterocycles. The molecule has 2 heterocycles. The molecule has 0 aromatic rings. The van der Waals surface area contributed by atoms with Crippen molar-refractivity contribution in [1.82, 2.24) is 8.61 Å². The van der Waals surface area contributed by atoms with E-state index in [2.05, 4.69) is 0 Å². The van der Waals surface area contributed by atoms with Crippen molar-refractivity contribution < 1.29 is 13.2 Å². The summed E-state index contributed by atoms with van der Waals surface area (Å²) in [7, 11) is -3.27. The monoisotopic (exact) mass is 288 g/mol. The predicted octanol–water partition coefficient (Wildman–Crippen LogP) is 1.36. The van der Waals surface area contributed by atoms with Crippen LogP contribution in [0.2, 0.25) is 0 Å². The van der Waals surface area contributed by atoms with Crippen LogP contribution in [-0.4, -0.2) is 55.4 Å². The zero-order valence-electron chi connectivity index (χ0n) is 11.5. The summed E-state index contributed by atoms with van der Waals surface area (Å²) in [6.45, 7) is 2.46. The van der Waals surface area contributed by atoms with Crippen molar-refractivity contribution in [3.05, 3.63) is 0 Å². The summed E-state index contributed by atoms with van der Waals surface area (Å²) in [4.78, 5) is 0. The van der Waals surface area contributed by atoms with Gasteiger partial charge in [0.2, 0.25) is 0 Å². The first kappa shape index (κ1) is 13.8. The Morgan fingerprint density at radius 1 is 0.895 bits per heavy atom. The predicted molar refractivity (Wildman–Crippen MR) is 73.0 cm³/mol. The molecule has 0 radical (unpaired) electrons. The molecule has 1 saturated carbocycles. The fourth-order valence-electron chi connectivity index (χ4n) is 3.59. The largest absolute Gasteiger partial charge is 0.375 e. The molecule has 2 aliphatic heterocycles. The van der Waals surface area contributed by atoms with Crippen LogP contribution in [-0.2, 0) is 14.9 Å². The first-order chi connectivity index (χ1) is 9.19. The molecule has 0 unspecified atom stereocenters. The Bertz CT molecular complexity index is 404. The van der Waals surface area contributed by atoms with E-state index in [-0.39, 0.29) is 12.1 Å². The Morgan fingerprint density at radius 2 is 1.63 bits per heavy atom. The summed E-state index contributed by atoms with van der Waals surface area (Å²) < 4.78 is 34.8. The number of morpholine rings is 1. The molecule has 3 fully saturated rings. The minimum absolute atomic E-state index is 0.0782. The molecule has 2 atom stereocenters. The van der Waals surface area contributed by atoms with Gasteiger partial charge in [-0.1, -0.05) is 19.3 Å². The minimum Gasteiger partial charge on any atom is -0.375 e. The Labute approximate surface area is 116 Å². The summed E-state index contributed by atoms with van der Waals surface area (Å²) in [5.74, 6) is 0. The Morgan fingerprint density at radius 3 is 2.42 bits per heavy atom. The number of hydrogen-bond donors (Lipinski definition) is 0. The third-order valence-electron chi connectivity index (χ3n) is 4.62. The highest BCUT2D eigenvalue weighted by molar-refractivity contribution is 7.86. The van der Waals surface area contributed by atoms with E-state index in [9.17, 15) is 8.42 Å². The van der Waals surface area contributed by atoms with Crippen molar-refractivity contribution in [3.63, 3.8) is 0 Å². The van der Waals surface area contributed by atoms with Gasteiger partial charge in [-0.3, -0.25) is 0 Å². The van der Waals surface area contributed by atoms with E-state index in [1.807, 2.05) is 0 Å². The molecule has 1 aliphatic carbocycles. The Hall–Kier alpha value is -0.170. The van der Waals surface area contributed by atoms with Crippen molar-refractivity contribution in [1.29, 1.82) is 0 Å². The number of ether oxygens (including phenoxy) is 1. The first-order valence-electron chi connectivity index (χ1n) is 7.58. The van der Waals surface area contributed by atoms with Gasteiger partial charge < -0.3 is 4.74 Å². The lowest BCUT2D eigenvalue weighted by atomic mass is 9.91. The van der Waals surface area contributed by atoms with Gasteiger partial charge in [-0.2, -0.15) is 17.0 Å². The molecule has 110 valence electrons. The van der Waals surface area contributed by atoms with Gasteiger partial charge in [0, 0.05) is 19.6 Å². The zero-order chi connectivity index (χ0) is 13.3. The van der Waals surface area contributed by atoms with Gasteiger partial charge in [0.1, 0.15) is 0 Å². The van der Waals surface area contributed by atoms with Crippen LogP contribution in [0, 0.1) is 0 Å². The molecule has 5 nitrogen and oxygen atoms in total. The highest BCUT2D eigenvalue weighted by atomic mass is 32.2. The number of nitrogens with zero attached hydrogens (tertiary/aromatic N) is 2. The Balaban J connectivity index is 1.78. The molecule has 0 spiro atoms. The third-order valence-corrected chi connectivity index (χ3v) is 6.68. The van der Waals surface area contributed by atoms with Gasteiger partial charge in [0.05, 0.1) is 18.8 Å². The van der Waals surface area contributed by atoms with Gasteiger partial charge in [-0.15, -0.1) is 0 Å². The van der Waals surface area contributed by atoms with E-state index in [0.29, 0.717) is 26.2 Å². The molecular weight excluding hydrogens is 264 g/mol. The lowest BCUT2D eigenvalue weighted by molar-refractivity contribution is -0.0603. The topological polar surface area (TPSA) is 49.9 Å². The van der Waals surface area contributed by atoms with Crippen molar-refractivity contribution in [2.24, 2.45) is 0 Å². The molecule has 0 bridgehead atoms. The van der Waals surface area contributed by atoms with Crippen LogP contribution in [0.3, 0.4) is 0 Å². The normalized spacial score (nSPS) is 34.9. The molecule has 0 N–H and O–H groups in total. The van der Waals surface area contributed by atoms with E-state index >= 15 is 0 Å². The van der Waals surface area contributed by atoms with Crippen LogP contribution >= 0.6 is 0 Å². The fraction of sp³-hybridized carbons (Fsp3) is 1.00. The second-order valence-corrected chi connectivity index (χ2v) is 7.72. The summed E-state index contributed by atoms with van der Waals surface area (Å²) in [5.41, 5.74) is 0. The Kier molecular flexibility index (Phi) is 4.12. The molecule has 0 amide bonds. The van der Waals surface area contributed by atoms with Gasteiger partial charge in [0.15, 0.2) is 0 Å². The third kappa shape index (κ3) is 2.68.